The lowest BCUT2D eigenvalue weighted by Gasteiger charge is -1.84. The van der Waals surface area contributed by atoms with Crippen LogP contribution in [0.4, 0.5) is 5.82 Å². The molecule has 0 atom stereocenters. The summed E-state index contributed by atoms with van der Waals surface area (Å²) in [6.07, 6.45) is 1.65. The van der Waals surface area contributed by atoms with Gasteiger partial charge in [-0.1, -0.05) is 0 Å². The molecular formula is C7H10N4. The van der Waals surface area contributed by atoms with Crippen molar-refractivity contribution in [2.45, 2.75) is 6.92 Å². The van der Waals surface area contributed by atoms with E-state index in [0.717, 1.165) is 11.5 Å². The molecule has 0 saturated heterocycles. The van der Waals surface area contributed by atoms with Crippen LogP contribution in [0, 0.1) is 6.92 Å². The number of aromatic amines is 1. The smallest absolute Gasteiger partial charge is 0.158 e. The molecule has 0 saturated carbocycles. The zero-order valence-corrected chi connectivity index (χ0v) is 6.63. The number of H-pyrrole nitrogens is 1. The molecule has 0 bridgehead atoms. The van der Waals surface area contributed by atoms with Crippen LogP contribution in [-0.4, -0.2) is 29.9 Å². The summed E-state index contributed by atoms with van der Waals surface area (Å²) < 4.78 is 0. The Morgan fingerprint density at radius 2 is 2.36 bits per heavy atom. The number of aliphatic imine (C=N–C) groups is 2. The minimum absolute atomic E-state index is 0.674. The molecule has 0 aliphatic heterocycles. The maximum Gasteiger partial charge on any atom is 0.158 e. The van der Waals surface area contributed by atoms with Gasteiger partial charge in [0.15, 0.2) is 5.82 Å². The van der Waals surface area contributed by atoms with Crippen molar-refractivity contribution in [3.05, 3.63) is 11.5 Å². The van der Waals surface area contributed by atoms with Crippen LogP contribution in [0.25, 0.3) is 0 Å². The number of rotatable bonds is 2. The van der Waals surface area contributed by atoms with Gasteiger partial charge in [0.05, 0.1) is 6.21 Å². The SMILES string of the molecule is C=Nc1[nH]c(C)nc1/C=N\C. The molecular weight excluding hydrogens is 140 g/mol. The predicted octanol–water partition coefficient (Wildman–Crippen LogP) is 1.10. The van der Waals surface area contributed by atoms with E-state index in [1.54, 1.807) is 13.3 Å². The lowest BCUT2D eigenvalue weighted by atomic mass is 10.5. The van der Waals surface area contributed by atoms with E-state index in [1.807, 2.05) is 6.92 Å². The molecule has 1 rings (SSSR count). The van der Waals surface area contributed by atoms with Crippen LogP contribution in [0.2, 0.25) is 0 Å². The highest BCUT2D eigenvalue weighted by molar-refractivity contribution is 5.83. The first-order valence-corrected chi connectivity index (χ1v) is 3.23. The molecule has 1 aromatic rings. The van der Waals surface area contributed by atoms with Crippen molar-refractivity contribution in [2.24, 2.45) is 9.98 Å². The Hall–Kier alpha value is -1.45. The number of imidazole rings is 1. The molecule has 0 aromatic carbocycles. The van der Waals surface area contributed by atoms with Crippen LogP contribution in [0.5, 0.6) is 0 Å². The van der Waals surface area contributed by atoms with Crippen LogP contribution >= 0.6 is 0 Å². The molecule has 0 spiro atoms. The highest BCUT2D eigenvalue weighted by Gasteiger charge is 2.01. The van der Waals surface area contributed by atoms with E-state index >= 15 is 0 Å². The fourth-order valence-electron chi connectivity index (χ4n) is 0.830. The fourth-order valence-corrected chi connectivity index (χ4v) is 0.830. The van der Waals surface area contributed by atoms with Gasteiger partial charge in [-0.2, -0.15) is 0 Å². The van der Waals surface area contributed by atoms with Crippen LogP contribution in [0.3, 0.4) is 0 Å². The summed E-state index contributed by atoms with van der Waals surface area (Å²) in [6, 6.07) is 0. The van der Waals surface area contributed by atoms with Gasteiger partial charge in [0, 0.05) is 7.05 Å². The first-order chi connectivity index (χ1) is 5.27. The number of hydrogen-bond acceptors (Lipinski definition) is 3. The highest BCUT2D eigenvalue weighted by Crippen LogP contribution is 2.11. The fraction of sp³-hybridized carbons (Fsp3) is 0.286. The van der Waals surface area contributed by atoms with Gasteiger partial charge in [-0.05, 0) is 13.6 Å². The maximum absolute atomic E-state index is 4.13. The molecule has 0 aliphatic rings. The van der Waals surface area contributed by atoms with Gasteiger partial charge in [-0.25, -0.2) is 9.98 Å². The number of nitrogens with one attached hydrogen (secondary N) is 1. The third-order valence-electron chi connectivity index (χ3n) is 1.24. The topological polar surface area (TPSA) is 53.4 Å². The molecule has 4 nitrogen and oxygen atoms in total. The first kappa shape index (κ1) is 7.65. The van der Waals surface area contributed by atoms with Crippen molar-refractivity contribution in [3.63, 3.8) is 0 Å². The number of nitrogens with zero attached hydrogens (tertiary/aromatic N) is 3. The van der Waals surface area contributed by atoms with Crippen LogP contribution in [-0.2, 0) is 0 Å². The molecule has 1 N–H and O–H groups in total. The van der Waals surface area contributed by atoms with E-state index in [2.05, 4.69) is 26.7 Å². The highest BCUT2D eigenvalue weighted by atomic mass is 15.0. The van der Waals surface area contributed by atoms with E-state index in [4.69, 9.17) is 0 Å². The van der Waals surface area contributed by atoms with Gasteiger partial charge >= 0.3 is 0 Å². The van der Waals surface area contributed by atoms with E-state index in [-0.39, 0.29) is 0 Å². The third kappa shape index (κ3) is 1.52. The van der Waals surface area contributed by atoms with Crippen molar-refractivity contribution in [3.8, 4) is 0 Å². The first-order valence-electron chi connectivity index (χ1n) is 3.23. The molecule has 58 valence electrons. The summed E-state index contributed by atoms with van der Waals surface area (Å²) in [5.74, 6) is 1.50. The molecule has 4 heteroatoms. The quantitative estimate of drug-likeness (QED) is 0.630. The second-order valence-electron chi connectivity index (χ2n) is 2.10. The van der Waals surface area contributed by atoms with E-state index in [1.165, 1.54) is 0 Å². The molecule has 0 amide bonds. The number of aromatic nitrogens is 2. The minimum atomic E-state index is 0.674. The zero-order chi connectivity index (χ0) is 8.27. The summed E-state index contributed by atoms with van der Waals surface area (Å²) in [4.78, 5) is 14.7. The average Bonchev–Trinajstić information content (AvgIpc) is 2.32. The average molecular weight is 150 g/mol. The Kier molecular flexibility index (Phi) is 2.15. The lowest BCUT2D eigenvalue weighted by molar-refractivity contribution is 1.14. The molecule has 1 aromatic heterocycles. The number of aryl methyl sites for hydroxylation is 1. The summed E-state index contributed by atoms with van der Waals surface area (Å²) in [6.45, 7) is 5.27. The van der Waals surface area contributed by atoms with Crippen LogP contribution in [0.1, 0.15) is 11.5 Å². The summed E-state index contributed by atoms with van der Waals surface area (Å²) in [5, 5.41) is 0. The van der Waals surface area contributed by atoms with Crippen LogP contribution < -0.4 is 0 Å². The predicted molar refractivity (Wildman–Crippen MR) is 46.1 cm³/mol. The Morgan fingerprint density at radius 3 is 2.91 bits per heavy atom. The van der Waals surface area contributed by atoms with E-state index in [9.17, 15) is 0 Å². The van der Waals surface area contributed by atoms with Gasteiger partial charge in [0.2, 0.25) is 0 Å². The van der Waals surface area contributed by atoms with Gasteiger partial charge in [0.25, 0.3) is 0 Å². The van der Waals surface area contributed by atoms with Crippen molar-refractivity contribution in [1.29, 1.82) is 0 Å². The van der Waals surface area contributed by atoms with E-state index in [0.29, 0.717) is 5.82 Å². The largest absolute Gasteiger partial charge is 0.327 e. The standard InChI is InChI=1S/C7H10N4/c1-5-10-6(4-8-2)7(9-3)11-5/h4H,3H2,1-2H3,(H,10,11)/b8-4-. The Bertz CT molecular complexity index is 285. The van der Waals surface area contributed by atoms with Gasteiger partial charge in [-0.3, -0.25) is 4.99 Å². The summed E-state index contributed by atoms with van der Waals surface area (Å²) in [7, 11) is 1.69. The van der Waals surface area contributed by atoms with Crippen LogP contribution in [0.15, 0.2) is 9.98 Å². The third-order valence-corrected chi connectivity index (χ3v) is 1.24. The molecule has 0 aliphatic carbocycles. The zero-order valence-electron chi connectivity index (χ0n) is 6.63. The molecule has 1 heterocycles. The Morgan fingerprint density at radius 1 is 1.64 bits per heavy atom. The maximum atomic E-state index is 4.13. The molecule has 0 unspecified atom stereocenters. The van der Waals surface area contributed by atoms with Crippen molar-refractivity contribution >= 4 is 18.7 Å². The normalized spacial score (nSPS) is 10.7. The summed E-state index contributed by atoms with van der Waals surface area (Å²) >= 11 is 0. The van der Waals surface area contributed by atoms with Gasteiger partial charge < -0.3 is 4.98 Å². The molecule has 0 fully saturated rings. The summed E-state index contributed by atoms with van der Waals surface area (Å²) in [5.41, 5.74) is 0.736. The monoisotopic (exact) mass is 150 g/mol. The Balaban J connectivity index is 3.11. The minimum Gasteiger partial charge on any atom is -0.327 e. The second-order valence-corrected chi connectivity index (χ2v) is 2.10. The van der Waals surface area contributed by atoms with Crippen molar-refractivity contribution in [1.82, 2.24) is 9.97 Å². The molecule has 11 heavy (non-hydrogen) atoms. The Labute approximate surface area is 65.1 Å². The molecule has 0 radical (unpaired) electrons. The number of hydrogen-bond donors (Lipinski definition) is 1. The second kappa shape index (κ2) is 3.09. The van der Waals surface area contributed by atoms with Gasteiger partial charge in [-0.15, -0.1) is 0 Å². The van der Waals surface area contributed by atoms with Crippen molar-refractivity contribution in [2.75, 3.05) is 7.05 Å². The lowest BCUT2D eigenvalue weighted by Crippen LogP contribution is -1.80. The van der Waals surface area contributed by atoms with E-state index < -0.39 is 0 Å². The van der Waals surface area contributed by atoms with Gasteiger partial charge in [0.1, 0.15) is 11.5 Å². The van der Waals surface area contributed by atoms with Crippen molar-refractivity contribution < 1.29 is 0 Å².